The Kier molecular flexibility index (Phi) is 5.22. The van der Waals surface area contributed by atoms with Gasteiger partial charge in [-0.3, -0.25) is 9.69 Å². The molecule has 1 aliphatic carbocycles. The summed E-state index contributed by atoms with van der Waals surface area (Å²) in [5.41, 5.74) is -0.528. The van der Waals surface area contributed by atoms with E-state index in [0.717, 1.165) is 32.2 Å². The molecule has 1 heterocycles. The summed E-state index contributed by atoms with van der Waals surface area (Å²) in [6.45, 7) is 5.86. The number of thiophene rings is 1. The van der Waals surface area contributed by atoms with Crippen molar-refractivity contribution in [3.05, 3.63) is 22.4 Å². The summed E-state index contributed by atoms with van der Waals surface area (Å²) in [4.78, 5) is 15.5. The van der Waals surface area contributed by atoms with Crippen LogP contribution in [0.3, 0.4) is 0 Å². The maximum Gasteiger partial charge on any atom is 0.310 e. The van der Waals surface area contributed by atoms with Gasteiger partial charge in [-0.2, -0.15) is 0 Å². The Morgan fingerprint density at radius 3 is 2.60 bits per heavy atom. The summed E-state index contributed by atoms with van der Waals surface area (Å²) in [6, 6.07) is 4.57. The zero-order valence-electron chi connectivity index (χ0n) is 12.5. The average Bonchev–Trinajstić information content (AvgIpc) is 2.91. The Morgan fingerprint density at radius 1 is 1.40 bits per heavy atom. The van der Waals surface area contributed by atoms with E-state index in [1.54, 1.807) is 11.3 Å². The summed E-state index contributed by atoms with van der Waals surface area (Å²) < 4.78 is 0. The Morgan fingerprint density at radius 2 is 2.10 bits per heavy atom. The Bertz CT molecular complexity index is 422. The van der Waals surface area contributed by atoms with E-state index in [1.165, 1.54) is 11.3 Å². The second kappa shape index (κ2) is 6.72. The van der Waals surface area contributed by atoms with Crippen molar-refractivity contribution in [2.24, 2.45) is 5.41 Å². The molecule has 0 radical (unpaired) electrons. The van der Waals surface area contributed by atoms with Crippen molar-refractivity contribution in [1.82, 2.24) is 4.90 Å². The van der Waals surface area contributed by atoms with Gasteiger partial charge < -0.3 is 5.11 Å². The minimum absolute atomic E-state index is 0.371. The fourth-order valence-corrected chi connectivity index (χ4v) is 3.81. The molecule has 20 heavy (non-hydrogen) atoms. The van der Waals surface area contributed by atoms with Crippen molar-refractivity contribution < 1.29 is 9.90 Å². The fourth-order valence-electron chi connectivity index (χ4n) is 3.08. The normalized spacial score (nSPS) is 18.6. The molecule has 0 saturated heterocycles. The van der Waals surface area contributed by atoms with Crippen molar-refractivity contribution in [3.8, 4) is 0 Å². The largest absolute Gasteiger partial charge is 0.481 e. The van der Waals surface area contributed by atoms with Gasteiger partial charge in [0.05, 0.1) is 5.41 Å². The van der Waals surface area contributed by atoms with Gasteiger partial charge in [-0.25, -0.2) is 0 Å². The fraction of sp³-hybridized carbons (Fsp3) is 0.688. The van der Waals surface area contributed by atoms with E-state index in [2.05, 4.69) is 36.3 Å². The predicted octanol–water partition coefficient (Wildman–Crippen LogP) is 3.99. The third-order valence-corrected chi connectivity index (χ3v) is 5.30. The third-order valence-electron chi connectivity index (χ3n) is 4.44. The molecule has 0 amide bonds. The summed E-state index contributed by atoms with van der Waals surface area (Å²) in [6.07, 6.45) is 4.95. The number of hydrogen-bond acceptors (Lipinski definition) is 3. The highest BCUT2D eigenvalue weighted by atomic mass is 32.1. The van der Waals surface area contributed by atoms with Crippen LogP contribution < -0.4 is 0 Å². The molecule has 0 aliphatic heterocycles. The van der Waals surface area contributed by atoms with Gasteiger partial charge in [0.25, 0.3) is 0 Å². The monoisotopic (exact) mass is 295 g/mol. The van der Waals surface area contributed by atoms with Gasteiger partial charge in [0.15, 0.2) is 0 Å². The van der Waals surface area contributed by atoms with Gasteiger partial charge in [-0.15, -0.1) is 11.3 Å². The molecule has 0 bridgehead atoms. The first-order chi connectivity index (χ1) is 9.53. The molecule has 0 atom stereocenters. The molecule has 1 aromatic rings. The number of aliphatic carboxylic acids is 1. The van der Waals surface area contributed by atoms with E-state index in [1.807, 2.05) is 0 Å². The van der Waals surface area contributed by atoms with Gasteiger partial charge in [0, 0.05) is 24.0 Å². The van der Waals surface area contributed by atoms with Gasteiger partial charge in [0.1, 0.15) is 0 Å². The second-order valence-electron chi connectivity index (χ2n) is 6.22. The molecular formula is C16H25NO2S. The van der Waals surface area contributed by atoms with Crippen LogP contribution in [0.2, 0.25) is 0 Å². The van der Waals surface area contributed by atoms with Crippen LogP contribution in [0.1, 0.15) is 50.8 Å². The van der Waals surface area contributed by atoms with Crippen LogP contribution >= 0.6 is 11.3 Å². The number of hydrogen-bond donors (Lipinski definition) is 1. The number of nitrogens with zero attached hydrogens (tertiary/aromatic N) is 1. The first-order valence-corrected chi connectivity index (χ1v) is 8.41. The summed E-state index contributed by atoms with van der Waals surface area (Å²) in [5, 5.41) is 11.8. The molecule has 1 aromatic heterocycles. The SMILES string of the molecule is CC(C)N(Cc1cccs1)CC1(C(=O)O)CCCCC1. The second-order valence-corrected chi connectivity index (χ2v) is 7.26. The maximum absolute atomic E-state index is 11.8. The van der Waals surface area contributed by atoms with Crippen LogP contribution in [-0.2, 0) is 11.3 Å². The van der Waals surface area contributed by atoms with E-state index in [0.29, 0.717) is 12.6 Å². The van der Waals surface area contributed by atoms with Crippen LogP contribution in [0.25, 0.3) is 0 Å². The first kappa shape index (κ1) is 15.5. The summed E-state index contributed by atoms with van der Waals surface area (Å²) >= 11 is 1.75. The molecule has 1 N–H and O–H groups in total. The molecule has 112 valence electrons. The summed E-state index contributed by atoms with van der Waals surface area (Å²) in [7, 11) is 0. The Labute approximate surface area is 125 Å². The molecule has 0 aromatic carbocycles. The topological polar surface area (TPSA) is 40.5 Å². The predicted molar refractivity (Wildman–Crippen MR) is 83.0 cm³/mol. The summed E-state index contributed by atoms with van der Waals surface area (Å²) in [5.74, 6) is -0.603. The van der Waals surface area contributed by atoms with Gasteiger partial charge >= 0.3 is 5.97 Å². The molecule has 1 fully saturated rings. The van der Waals surface area contributed by atoms with Crippen LogP contribution in [0.15, 0.2) is 17.5 Å². The average molecular weight is 295 g/mol. The zero-order chi connectivity index (χ0) is 14.6. The Hall–Kier alpha value is -0.870. The molecule has 0 spiro atoms. The lowest BCUT2D eigenvalue weighted by molar-refractivity contribution is -0.153. The number of carboxylic acid groups (broad SMARTS) is 1. The first-order valence-electron chi connectivity index (χ1n) is 7.53. The molecule has 0 unspecified atom stereocenters. The Balaban J connectivity index is 2.10. The lowest BCUT2D eigenvalue weighted by atomic mass is 9.73. The number of carboxylic acids is 1. The van der Waals surface area contributed by atoms with Crippen molar-refractivity contribution in [1.29, 1.82) is 0 Å². The van der Waals surface area contributed by atoms with Crippen molar-refractivity contribution in [2.45, 2.75) is 58.5 Å². The van der Waals surface area contributed by atoms with Crippen molar-refractivity contribution >= 4 is 17.3 Å². The smallest absolute Gasteiger partial charge is 0.310 e. The highest BCUT2D eigenvalue weighted by Crippen LogP contribution is 2.38. The van der Waals surface area contributed by atoms with Crippen LogP contribution in [0, 0.1) is 5.41 Å². The van der Waals surface area contributed by atoms with Crippen LogP contribution in [0.4, 0.5) is 0 Å². The number of rotatable bonds is 6. The highest BCUT2D eigenvalue weighted by molar-refractivity contribution is 7.09. The standard InChI is InChI=1S/C16H25NO2S/c1-13(2)17(11-14-7-6-10-20-14)12-16(15(18)19)8-4-3-5-9-16/h6-7,10,13H,3-5,8-9,11-12H2,1-2H3,(H,18,19). The van der Waals surface area contributed by atoms with Gasteiger partial charge in [-0.05, 0) is 38.1 Å². The van der Waals surface area contributed by atoms with Crippen molar-refractivity contribution in [3.63, 3.8) is 0 Å². The minimum atomic E-state index is -0.603. The van der Waals surface area contributed by atoms with E-state index < -0.39 is 11.4 Å². The quantitative estimate of drug-likeness (QED) is 0.862. The maximum atomic E-state index is 11.8. The van der Waals surface area contributed by atoms with E-state index in [-0.39, 0.29) is 0 Å². The molecular weight excluding hydrogens is 270 g/mol. The van der Waals surface area contributed by atoms with Gasteiger partial charge in [-0.1, -0.05) is 25.3 Å². The lowest BCUT2D eigenvalue weighted by Gasteiger charge is -2.39. The van der Waals surface area contributed by atoms with Gasteiger partial charge in [0.2, 0.25) is 0 Å². The zero-order valence-corrected chi connectivity index (χ0v) is 13.3. The number of carbonyl (C=O) groups is 1. The third kappa shape index (κ3) is 3.61. The molecule has 3 nitrogen and oxygen atoms in total. The van der Waals surface area contributed by atoms with Crippen LogP contribution in [0.5, 0.6) is 0 Å². The molecule has 2 rings (SSSR count). The van der Waals surface area contributed by atoms with E-state index >= 15 is 0 Å². The van der Waals surface area contributed by atoms with E-state index in [4.69, 9.17) is 0 Å². The van der Waals surface area contributed by atoms with Crippen LogP contribution in [-0.4, -0.2) is 28.6 Å². The molecule has 1 saturated carbocycles. The highest BCUT2D eigenvalue weighted by Gasteiger charge is 2.41. The molecule has 4 heteroatoms. The van der Waals surface area contributed by atoms with E-state index in [9.17, 15) is 9.90 Å². The minimum Gasteiger partial charge on any atom is -0.481 e. The lowest BCUT2D eigenvalue weighted by Crippen LogP contribution is -2.46. The molecule has 1 aliphatic rings. The van der Waals surface area contributed by atoms with Crippen molar-refractivity contribution in [2.75, 3.05) is 6.54 Å².